The largest absolute Gasteiger partial charge is 0.480 e. The summed E-state index contributed by atoms with van der Waals surface area (Å²) in [5, 5.41) is 8.82. The van der Waals surface area contributed by atoms with E-state index in [0.29, 0.717) is 0 Å². The molecule has 1 unspecified atom stereocenters. The summed E-state index contributed by atoms with van der Waals surface area (Å²) in [7, 11) is -4.54. The van der Waals surface area contributed by atoms with Crippen molar-refractivity contribution in [1.29, 1.82) is 0 Å². The van der Waals surface area contributed by atoms with Crippen molar-refractivity contribution in [2.75, 3.05) is 6.54 Å². The van der Waals surface area contributed by atoms with Gasteiger partial charge in [-0.05, 0) is 5.41 Å². The third-order valence-electron chi connectivity index (χ3n) is 1.85. The SMILES string of the molecule is CC(C)(C)C(NS(=O)(=O)NCC(F)(F)F)C(=O)O. The zero-order chi connectivity index (χ0) is 14.8. The molecule has 18 heavy (non-hydrogen) atoms. The first-order valence-corrected chi connectivity index (χ1v) is 6.29. The molecule has 108 valence electrons. The van der Waals surface area contributed by atoms with Crippen molar-refractivity contribution in [3.05, 3.63) is 0 Å². The van der Waals surface area contributed by atoms with E-state index in [9.17, 15) is 26.4 Å². The van der Waals surface area contributed by atoms with Crippen molar-refractivity contribution in [3.63, 3.8) is 0 Å². The number of hydrogen-bond acceptors (Lipinski definition) is 3. The third kappa shape index (κ3) is 6.77. The number of alkyl halides is 3. The Morgan fingerprint density at radius 3 is 2.00 bits per heavy atom. The predicted octanol–water partition coefficient (Wildman–Crippen LogP) is 0.472. The zero-order valence-corrected chi connectivity index (χ0v) is 10.8. The van der Waals surface area contributed by atoms with E-state index < -0.39 is 40.4 Å². The van der Waals surface area contributed by atoms with E-state index in [0.717, 1.165) is 0 Å². The summed E-state index contributed by atoms with van der Waals surface area (Å²) in [6.07, 6.45) is -4.71. The molecule has 0 saturated heterocycles. The molecule has 10 heteroatoms. The molecular weight excluding hydrogens is 277 g/mol. The second-order valence-corrected chi connectivity index (χ2v) is 6.23. The smallest absolute Gasteiger partial charge is 0.402 e. The van der Waals surface area contributed by atoms with Gasteiger partial charge in [-0.15, -0.1) is 0 Å². The minimum absolute atomic E-state index is 0.987. The normalized spacial score (nSPS) is 15.4. The van der Waals surface area contributed by atoms with Crippen LogP contribution in [0.15, 0.2) is 0 Å². The molecule has 6 nitrogen and oxygen atoms in total. The van der Waals surface area contributed by atoms with E-state index in [1.54, 1.807) is 4.72 Å². The average molecular weight is 292 g/mol. The lowest BCUT2D eigenvalue weighted by atomic mass is 9.88. The summed E-state index contributed by atoms with van der Waals surface area (Å²) in [5.41, 5.74) is -0.987. The van der Waals surface area contributed by atoms with E-state index in [-0.39, 0.29) is 0 Å². The second-order valence-electron chi connectivity index (χ2n) is 4.69. The molecule has 0 spiro atoms. The molecule has 0 aliphatic rings. The van der Waals surface area contributed by atoms with Crippen LogP contribution in [-0.2, 0) is 15.0 Å². The first kappa shape index (κ1) is 17.1. The predicted molar refractivity (Wildman–Crippen MR) is 57.0 cm³/mol. The van der Waals surface area contributed by atoms with Gasteiger partial charge in [-0.3, -0.25) is 4.79 Å². The summed E-state index contributed by atoms with van der Waals surface area (Å²) < 4.78 is 60.9. The van der Waals surface area contributed by atoms with Crippen molar-refractivity contribution in [2.45, 2.75) is 33.0 Å². The Kier molecular flexibility index (Phi) is 5.15. The van der Waals surface area contributed by atoms with Crippen molar-refractivity contribution >= 4 is 16.2 Å². The minimum atomic E-state index is -4.71. The Balaban J connectivity index is 4.79. The lowest BCUT2D eigenvalue weighted by Crippen LogP contribution is -2.53. The van der Waals surface area contributed by atoms with E-state index in [1.807, 2.05) is 0 Å². The highest BCUT2D eigenvalue weighted by atomic mass is 32.2. The Hall–Kier alpha value is -0.870. The fourth-order valence-electron chi connectivity index (χ4n) is 0.971. The van der Waals surface area contributed by atoms with Crippen molar-refractivity contribution in [3.8, 4) is 0 Å². The van der Waals surface area contributed by atoms with Crippen molar-refractivity contribution in [2.24, 2.45) is 5.41 Å². The quantitative estimate of drug-likeness (QED) is 0.686. The van der Waals surface area contributed by atoms with Crippen molar-refractivity contribution < 1.29 is 31.5 Å². The summed E-state index contributed by atoms with van der Waals surface area (Å²) >= 11 is 0. The fraction of sp³-hybridized carbons (Fsp3) is 0.875. The van der Waals surface area contributed by atoms with Gasteiger partial charge in [-0.2, -0.15) is 31.0 Å². The second kappa shape index (κ2) is 5.41. The topological polar surface area (TPSA) is 95.5 Å². The number of carboxylic acids is 1. The van der Waals surface area contributed by atoms with Crippen LogP contribution in [0.4, 0.5) is 13.2 Å². The van der Waals surface area contributed by atoms with E-state index >= 15 is 0 Å². The lowest BCUT2D eigenvalue weighted by molar-refractivity contribution is -0.141. The van der Waals surface area contributed by atoms with Crippen LogP contribution >= 0.6 is 0 Å². The number of rotatable bonds is 5. The van der Waals surface area contributed by atoms with E-state index in [2.05, 4.69) is 0 Å². The average Bonchev–Trinajstić information content (AvgIpc) is 2.08. The van der Waals surface area contributed by atoms with Crippen LogP contribution in [-0.4, -0.2) is 38.3 Å². The Morgan fingerprint density at radius 2 is 1.72 bits per heavy atom. The number of carboxylic acid groups (broad SMARTS) is 1. The maximum absolute atomic E-state index is 11.8. The molecule has 0 saturated carbocycles. The molecule has 0 rings (SSSR count). The fourth-order valence-corrected chi connectivity index (χ4v) is 2.17. The zero-order valence-electron chi connectivity index (χ0n) is 10.00. The van der Waals surface area contributed by atoms with Crippen LogP contribution in [0.1, 0.15) is 20.8 Å². The van der Waals surface area contributed by atoms with Gasteiger partial charge >= 0.3 is 12.1 Å². The highest BCUT2D eigenvalue weighted by Crippen LogP contribution is 2.20. The molecule has 0 radical (unpaired) electrons. The third-order valence-corrected chi connectivity index (χ3v) is 2.92. The molecule has 3 N–H and O–H groups in total. The molecular formula is C8H15F3N2O4S. The van der Waals surface area contributed by atoms with Gasteiger partial charge in [-0.25, -0.2) is 0 Å². The summed E-state index contributed by atoms with van der Waals surface area (Å²) in [6, 6.07) is -1.54. The molecule has 0 amide bonds. The number of nitrogens with one attached hydrogen (secondary N) is 2. The molecule has 0 heterocycles. The molecule has 0 fully saturated rings. The van der Waals surface area contributed by atoms with Gasteiger partial charge in [0.1, 0.15) is 12.6 Å². The molecule has 1 atom stereocenters. The van der Waals surface area contributed by atoms with E-state index in [4.69, 9.17) is 5.11 Å². The number of aliphatic carboxylic acids is 1. The summed E-state index contributed by atoms with van der Waals surface area (Å²) in [4.78, 5) is 10.8. The standard InChI is InChI=1S/C8H15F3N2O4S/c1-7(2,3)5(6(14)15)13-18(16,17)12-4-8(9,10)11/h5,12-13H,4H2,1-3H3,(H,14,15). The maximum atomic E-state index is 11.8. The summed E-state index contributed by atoms with van der Waals surface area (Å²) in [6.45, 7) is 2.56. The van der Waals surface area contributed by atoms with Gasteiger partial charge in [-0.1, -0.05) is 20.8 Å². The van der Waals surface area contributed by atoms with Gasteiger partial charge < -0.3 is 5.11 Å². The number of halogens is 3. The monoisotopic (exact) mass is 292 g/mol. The lowest BCUT2D eigenvalue weighted by Gasteiger charge is -2.27. The highest BCUT2D eigenvalue weighted by molar-refractivity contribution is 7.87. The van der Waals surface area contributed by atoms with Gasteiger partial charge in [0.25, 0.3) is 10.2 Å². The first-order valence-electron chi connectivity index (χ1n) is 4.81. The molecule has 0 aliphatic heterocycles. The van der Waals surface area contributed by atoms with Gasteiger partial charge in [0.2, 0.25) is 0 Å². The van der Waals surface area contributed by atoms with Crippen LogP contribution in [0.5, 0.6) is 0 Å². The number of carbonyl (C=O) groups is 1. The molecule has 0 aromatic rings. The van der Waals surface area contributed by atoms with Gasteiger partial charge in [0.15, 0.2) is 0 Å². The van der Waals surface area contributed by atoms with Crippen LogP contribution < -0.4 is 9.44 Å². The number of hydrogen-bond donors (Lipinski definition) is 3. The highest BCUT2D eigenvalue weighted by Gasteiger charge is 2.36. The molecule has 0 aliphatic carbocycles. The molecule has 0 aromatic heterocycles. The van der Waals surface area contributed by atoms with Crippen LogP contribution in [0.25, 0.3) is 0 Å². The molecule has 0 aromatic carbocycles. The Morgan fingerprint density at radius 1 is 1.28 bits per heavy atom. The summed E-state index contributed by atoms with van der Waals surface area (Å²) in [5.74, 6) is -1.47. The Bertz CT molecular complexity index is 400. The Labute approximate surface area is 103 Å². The minimum Gasteiger partial charge on any atom is -0.480 e. The van der Waals surface area contributed by atoms with Crippen LogP contribution in [0.2, 0.25) is 0 Å². The van der Waals surface area contributed by atoms with Crippen LogP contribution in [0.3, 0.4) is 0 Å². The first-order chi connectivity index (χ1) is 7.75. The maximum Gasteiger partial charge on any atom is 0.402 e. The molecule has 0 bridgehead atoms. The van der Waals surface area contributed by atoms with E-state index in [1.165, 1.54) is 25.5 Å². The van der Waals surface area contributed by atoms with Gasteiger partial charge in [0.05, 0.1) is 0 Å². The van der Waals surface area contributed by atoms with Crippen LogP contribution in [0, 0.1) is 5.41 Å². The van der Waals surface area contributed by atoms with Crippen molar-refractivity contribution in [1.82, 2.24) is 9.44 Å². The van der Waals surface area contributed by atoms with Gasteiger partial charge in [0, 0.05) is 0 Å².